The second kappa shape index (κ2) is 8.58. The van der Waals surface area contributed by atoms with Gasteiger partial charge in [-0.05, 0) is 25.0 Å². The number of aromatic nitrogens is 1. The molecular weight excluding hydrogens is 302 g/mol. The van der Waals surface area contributed by atoms with E-state index in [9.17, 15) is 4.79 Å². The summed E-state index contributed by atoms with van der Waals surface area (Å²) in [4.78, 5) is 18.6. The van der Waals surface area contributed by atoms with Crippen LogP contribution in [0.1, 0.15) is 43.7 Å². The highest BCUT2D eigenvalue weighted by molar-refractivity contribution is 5.76. The molecule has 1 saturated carbocycles. The Labute approximate surface area is 144 Å². The molecule has 0 aromatic carbocycles. The fourth-order valence-corrected chi connectivity index (χ4v) is 4.12. The number of amides is 1. The van der Waals surface area contributed by atoms with Crippen LogP contribution < -0.4 is 5.32 Å². The maximum atomic E-state index is 11.4. The molecule has 1 aromatic heterocycles. The van der Waals surface area contributed by atoms with Gasteiger partial charge in [-0.25, -0.2) is 0 Å². The van der Waals surface area contributed by atoms with Crippen molar-refractivity contribution in [1.29, 1.82) is 0 Å². The lowest BCUT2D eigenvalue weighted by atomic mass is 9.93. The Kier molecular flexibility index (Phi) is 6.21. The highest BCUT2D eigenvalue weighted by Crippen LogP contribution is 2.35. The van der Waals surface area contributed by atoms with Gasteiger partial charge in [0.05, 0.1) is 6.61 Å². The van der Waals surface area contributed by atoms with Crippen LogP contribution in [-0.4, -0.2) is 55.2 Å². The summed E-state index contributed by atoms with van der Waals surface area (Å²) < 4.78 is 5.69. The summed E-state index contributed by atoms with van der Waals surface area (Å²) in [6.45, 7) is 2.89. The maximum absolute atomic E-state index is 11.4. The molecule has 1 amide bonds. The SMILES string of the molecule is CNC(=O)COC[C@@H]1CN(C2CCCCC2)C[C@H]1c1ccccn1. The number of pyridine rings is 1. The third-order valence-electron chi connectivity index (χ3n) is 5.47. The van der Waals surface area contributed by atoms with E-state index in [1.165, 1.54) is 32.1 Å². The van der Waals surface area contributed by atoms with Crippen LogP contribution in [0.15, 0.2) is 24.4 Å². The van der Waals surface area contributed by atoms with Gasteiger partial charge in [0.1, 0.15) is 6.61 Å². The summed E-state index contributed by atoms with van der Waals surface area (Å²) in [7, 11) is 1.64. The molecule has 5 heteroatoms. The number of nitrogens with one attached hydrogen (secondary N) is 1. The fourth-order valence-electron chi connectivity index (χ4n) is 4.12. The van der Waals surface area contributed by atoms with Gasteiger partial charge in [0.2, 0.25) is 5.91 Å². The molecule has 0 spiro atoms. The summed E-state index contributed by atoms with van der Waals surface area (Å²) in [6, 6.07) is 6.87. The molecule has 1 aliphatic carbocycles. The number of rotatable bonds is 6. The molecule has 1 aliphatic heterocycles. The molecule has 2 fully saturated rings. The lowest BCUT2D eigenvalue weighted by Crippen LogP contribution is -2.35. The maximum Gasteiger partial charge on any atom is 0.245 e. The number of ether oxygens (including phenoxy) is 1. The summed E-state index contributed by atoms with van der Waals surface area (Å²) in [5, 5.41) is 2.61. The second-order valence-corrected chi connectivity index (χ2v) is 7.06. The van der Waals surface area contributed by atoms with E-state index in [-0.39, 0.29) is 12.5 Å². The quantitative estimate of drug-likeness (QED) is 0.868. The molecule has 24 heavy (non-hydrogen) atoms. The first-order valence-corrected chi connectivity index (χ1v) is 9.21. The van der Waals surface area contributed by atoms with Gasteiger partial charge >= 0.3 is 0 Å². The molecule has 1 saturated heterocycles. The van der Waals surface area contributed by atoms with Crippen molar-refractivity contribution >= 4 is 5.91 Å². The summed E-state index contributed by atoms with van der Waals surface area (Å²) in [5.41, 5.74) is 1.16. The fraction of sp³-hybridized carbons (Fsp3) is 0.684. The highest BCUT2D eigenvalue weighted by atomic mass is 16.5. The first-order chi connectivity index (χ1) is 11.8. The Morgan fingerprint density at radius 1 is 1.29 bits per heavy atom. The second-order valence-electron chi connectivity index (χ2n) is 7.06. The molecule has 2 heterocycles. The minimum Gasteiger partial charge on any atom is -0.371 e. The van der Waals surface area contributed by atoms with Crippen LogP contribution >= 0.6 is 0 Å². The van der Waals surface area contributed by atoms with E-state index >= 15 is 0 Å². The first-order valence-electron chi connectivity index (χ1n) is 9.21. The van der Waals surface area contributed by atoms with Gasteiger partial charge in [0, 0.05) is 49.9 Å². The molecule has 0 radical (unpaired) electrons. The Hall–Kier alpha value is -1.46. The van der Waals surface area contributed by atoms with Crippen molar-refractivity contribution in [3.63, 3.8) is 0 Å². The largest absolute Gasteiger partial charge is 0.371 e. The number of carbonyl (C=O) groups is 1. The van der Waals surface area contributed by atoms with Crippen molar-refractivity contribution in [1.82, 2.24) is 15.2 Å². The zero-order valence-corrected chi connectivity index (χ0v) is 14.6. The van der Waals surface area contributed by atoms with Crippen molar-refractivity contribution < 1.29 is 9.53 Å². The molecule has 0 unspecified atom stereocenters. The van der Waals surface area contributed by atoms with Crippen molar-refractivity contribution in [2.24, 2.45) is 5.92 Å². The zero-order chi connectivity index (χ0) is 16.8. The Morgan fingerprint density at radius 3 is 2.83 bits per heavy atom. The van der Waals surface area contributed by atoms with Gasteiger partial charge in [-0.1, -0.05) is 25.3 Å². The predicted octanol–water partition coefficient (Wildman–Crippen LogP) is 2.19. The van der Waals surface area contributed by atoms with Crippen molar-refractivity contribution in [2.75, 3.05) is 33.4 Å². The van der Waals surface area contributed by atoms with E-state index in [1.54, 1.807) is 7.05 Å². The Bertz CT molecular complexity index is 517. The van der Waals surface area contributed by atoms with E-state index in [1.807, 2.05) is 12.3 Å². The smallest absolute Gasteiger partial charge is 0.245 e. The molecule has 3 rings (SSSR count). The third-order valence-corrected chi connectivity index (χ3v) is 5.47. The topological polar surface area (TPSA) is 54.5 Å². The van der Waals surface area contributed by atoms with Gasteiger partial charge in [-0.3, -0.25) is 14.7 Å². The molecular formula is C19H29N3O2. The molecule has 0 bridgehead atoms. The van der Waals surface area contributed by atoms with Gasteiger partial charge < -0.3 is 10.1 Å². The number of nitrogens with zero attached hydrogens (tertiary/aromatic N) is 2. The normalized spacial score (nSPS) is 25.7. The van der Waals surface area contributed by atoms with Crippen LogP contribution in [0.4, 0.5) is 0 Å². The van der Waals surface area contributed by atoms with E-state index in [0.717, 1.165) is 18.8 Å². The predicted molar refractivity (Wildman–Crippen MR) is 93.8 cm³/mol. The average molecular weight is 331 g/mol. The minimum absolute atomic E-state index is 0.0634. The summed E-state index contributed by atoms with van der Waals surface area (Å²) in [5.74, 6) is 0.746. The molecule has 2 atom stereocenters. The van der Waals surface area contributed by atoms with Crippen LogP contribution in [0, 0.1) is 5.92 Å². The number of carbonyl (C=O) groups excluding carboxylic acids is 1. The van der Waals surface area contributed by atoms with E-state index in [0.29, 0.717) is 24.5 Å². The van der Waals surface area contributed by atoms with Crippen LogP contribution in [0.2, 0.25) is 0 Å². The standard InChI is InChI=1S/C19H29N3O2/c1-20-19(23)14-24-13-15-11-22(16-7-3-2-4-8-16)12-17(15)18-9-5-6-10-21-18/h5-6,9-10,15-17H,2-4,7-8,11-14H2,1H3,(H,20,23)/t15-,17+/m0/s1. The van der Waals surface area contributed by atoms with Crippen LogP contribution in [0.5, 0.6) is 0 Å². The molecule has 2 aliphatic rings. The summed E-state index contributed by atoms with van der Waals surface area (Å²) >= 11 is 0. The lowest BCUT2D eigenvalue weighted by Gasteiger charge is -2.31. The van der Waals surface area contributed by atoms with Crippen LogP contribution in [0.3, 0.4) is 0 Å². The molecule has 132 valence electrons. The van der Waals surface area contributed by atoms with Crippen LogP contribution in [-0.2, 0) is 9.53 Å². The van der Waals surface area contributed by atoms with Gasteiger partial charge in [-0.15, -0.1) is 0 Å². The zero-order valence-electron chi connectivity index (χ0n) is 14.6. The number of hydrogen-bond acceptors (Lipinski definition) is 4. The molecule has 1 aromatic rings. The summed E-state index contributed by atoms with van der Waals surface area (Å²) in [6.07, 6.45) is 8.61. The van der Waals surface area contributed by atoms with Crippen LogP contribution in [0.25, 0.3) is 0 Å². The number of hydrogen-bond donors (Lipinski definition) is 1. The number of likely N-dealkylation sites (N-methyl/N-ethyl adjacent to an activating group) is 1. The van der Waals surface area contributed by atoms with Crippen molar-refractivity contribution in [3.05, 3.63) is 30.1 Å². The minimum atomic E-state index is -0.0634. The van der Waals surface area contributed by atoms with Crippen molar-refractivity contribution in [2.45, 2.75) is 44.1 Å². The van der Waals surface area contributed by atoms with E-state index in [4.69, 9.17) is 4.74 Å². The Morgan fingerprint density at radius 2 is 2.12 bits per heavy atom. The first kappa shape index (κ1) is 17.4. The van der Waals surface area contributed by atoms with E-state index in [2.05, 4.69) is 27.3 Å². The monoisotopic (exact) mass is 331 g/mol. The number of likely N-dealkylation sites (tertiary alicyclic amines) is 1. The van der Waals surface area contributed by atoms with Crippen molar-refractivity contribution in [3.8, 4) is 0 Å². The average Bonchev–Trinajstić information content (AvgIpc) is 3.07. The van der Waals surface area contributed by atoms with Gasteiger partial charge in [0.15, 0.2) is 0 Å². The molecule has 1 N–H and O–H groups in total. The van der Waals surface area contributed by atoms with Gasteiger partial charge in [0.25, 0.3) is 0 Å². The lowest BCUT2D eigenvalue weighted by molar-refractivity contribution is -0.125. The van der Waals surface area contributed by atoms with Gasteiger partial charge in [-0.2, -0.15) is 0 Å². The third kappa shape index (κ3) is 4.33. The Balaban J connectivity index is 1.64. The molecule has 5 nitrogen and oxygen atoms in total. The van der Waals surface area contributed by atoms with E-state index < -0.39 is 0 Å². The highest BCUT2D eigenvalue weighted by Gasteiger charge is 2.37.